The lowest BCUT2D eigenvalue weighted by atomic mass is 10.1. The minimum absolute atomic E-state index is 0.204. The van der Waals surface area contributed by atoms with Crippen LogP contribution in [-0.4, -0.2) is 39.3 Å². The third kappa shape index (κ3) is 1.66. The Morgan fingerprint density at radius 2 is 2.50 bits per heavy atom. The van der Waals surface area contributed by atoms with Crippen molar-refractivity contribution < 1.29 is 4.74 Å². The molecule has 84 valence electrons. The number of hydrogen-bond acceptors (Lipinski definition) is 5. The van der Waals surface area contributed by atoms with Crippen LogP contribution in [0.5, 0.6) is 0 Å². The molecule has 2 aromatic rings. The average Bonchev–Trinajstić information content (AvgIpc) is 2.69. The van der Waals surface area contributed by atoms with E-state index in [1.165, 1.54) is 0 Å². The third-order valence-electron chi connectivity index (χ3n) is 2.64. The van der Waals surface area contributed by atoms with Gasteiger partial charge in [0.2, 0.25) is 0 Å². The van der Waals surface area contributed by atoms with Crippen LogP contribution in [-0.2, 0) is 4.74 Å². The van der Waals surface area contributed by atoms with Gasteiger partial charge >= 0.3 is 0 Å². The molecule has 1 aliphatic rings. The molecule has 1 atom stereocenters. The molecule has 0 aliphatic carbocycles. The lowest BCUT2D eigenvalue weighted by Crippen LogP contribution is -2.34. The number of rotatable bonds is 1. The highest BCUT2D eigenvalue weighted by Crippen LogP contribution is 2.14. The molecule has 1 aliphatic heterocycles. The predicted octanol–water partition coefficient (Wildman–Crippen LogP) is 0.0936. The summed E-state index contributed by atoms with van der Waals surface area (Å²) in [6.07, 6.45) is 3.78. The number of fused-ring (bicyclic) bond motifs is 1. The van der Waals surface area contributed by atoms with E-state index in [2.05, 4.69) is 20.4 Å². The molecule has 0 saturated carbocycles. The van der Waals surface area contributed by atoms with Crippen LogP contribution in [0.15, 0.2) is 12.4 Å². The first kappa shape index (κ1) is 9.68. The van der Waals surface area contributed by atoms with Crippen molar-refractivity contribution in [2.45, 2.75) is 13.0 Å². The molecule has 1 fully saturated rings. The van der Waals surface area contributed by atoms with Crippen molar-refractivity contribution in [1.29, 1.82) is 0 Å². The standard InChI is InChI=1S/C10H13N5O/c1-7-13-10-12-4-8(5-15(10)14-7)9-6-16-3-2-11-9/h4-5,9,11H,2-3,6H2,1H3. The maximum Gasteiger partial charge on any atom is 0.252 e. The molecular weight excluding hydrogens is 206 g/mol. The molecule has 0 radical (unpaired) electrons. The first-order valence-corrected chi connectivity index (χ1v) is 5.33. The van der Waals surface area contributed by atoms with Gasteiger partial charge in [-0.05, 0) is 6.92 Å². The summed E-state index contributed by atoms with van der Waals surface area (Å²) in [7, 11) is 0. The highest BCUT2D eigenvalue weighted by Gasteiger charge is 2.16. The second-order valence-corrected chi connectivity index (χ2v) is 3.87. The van der Waals surface area contributed by atoms with E-state index < -0.39 is 0 Å². The van der Waals surface area contributed by atoms with Crippen LogP contribution in [0.4, 0.5) is 0 Å². The number of morpholine rings is 1. The van der Waals surface area contributed by atoms with Crippen LogP contribution in [0, 0.1) is 6.92 Å². The Morgan fingerprint density at radius 3 is 3.31 bits per heavy atom. The zero-order chi connectivity index (χ0) is 11.0. The Balaban J connectivity index is 1.97. The summed E-state index contributed by atoms with van der Waals surface area (Å²) in [6, 6.07) is 0.204. The fourth-order valence-corrected chi connectivity index (χ4v) is 1.86. The first-order chi connectivity index (χ1) is 7.83. The summed E-state index contributed by atoms with van der Waals surface area (Å²) in [6.45, 7) is 4.19. The average molecular weight is 219 g/mol. The van der Waals surface area contributed by atoms with Crippen LogP contribution in [0.2, 0.25) is 0 Å². The number of hydrogen-bond donors (Lipinski definition) is 1. The number of nitrogens with one attached hydrogen (secondary N) is 1. The quantitative estimate of drug-likeness (QED) is 0.736. The fraction of sp³-hybridized carbons (Fsp3) is 0.500. The minimum Gasteiger partial charge on any atom is -0.378 e. The van der Waals surface area contributed by atoms with Gasteiger partial charge in [0.05, 0.1) is 19.3 Å². The Bertz CT molecular complexity index is 503. The molecule has 0 amide bonds. The molecule has 0 aromatic carbocycles. The van der Waals surface area contributed by atoms with E-state index in [-0.39, 0.29) is 6.04 Å². The van der Waals surface area contributed by atoms with Gasteiger partial charge in [-0.2, -0.15) is 10.1 Å². The largest absolute Gasteiger partial charge is 0.378 e. The van der Waals surface area contributed by atoms with Crippen LogP contribution in [0.25, 0.3) is 5.78 Å². The molecule has 0 spiro atoms. The molecule has 1 N–H and O–H groups in total. The van der Waals surface area contributed by atoms with Gasteiger partial charge in [0.15, 0.2) is 0 Å². The summed E-state index contributed by atoms with van der Waals surface area (Å²) in [5.41, 5.74) is 1.08. The highest BCUT2D eigenvalue weighted by atomic mass is 16.5. The highest BCUT2D eigenvalue weighted by molar-refractivity contribution is 5.28. The summed E-state index contributed by atoms with van der Waals surface area (Å²) in [5.74, 6) is 1.37. The zero-order valence-electron chi connectivity index (χ0n) is 9.05. The Labute approximate surface area is 92.7 Å². The lowest BCUT2D eigenvalue weighted by Gasteiger charge is -2.23. The molecular formula is C10H13N5O. The number of ether oxygens (including phenoxy) is 1. The summed E-state index contributed by atoms with van der Waals surface area (Å²) in [4.78, 5) is 8.46. The second kappa shape index (κ2) is 3.80. The van der Waals surface area contributed by atoms with Crippen molar-refractivity contribution in [1.82, 2.24) is 24.9 Å². The van der Waals surface area contributed by atoms with Crippen molar-refractivity contribution in [2.75, 3.05) is 19.8 Å². The van der Waals surface area contributed by atoms with Gasteiger partial charge in [-0.3, -0.25) is 0 Å². The Kier molecular flexibility index (Phi) is 2.30. The van der Waals surface area contributed by atoms with Gasteiger partial charge in [-0.25, -0.2) is 9.50 Å². The molecule has 16 heavy (non-hydrogen) atoms. The molecule has 3 heterocycles. The molecule has 1 unspecified atom stereocenters. The minimum atomic E-state index is 0.204. The number of aromatic nitrogens is 4. The molecule has 1 saturated heterocycles. The van der Waals surface area contributed by atoms with Gasteiger partial charge in [-0.15, -0.1) is 0 Å². The van der Waals surface area contributed by atoms with E-state index in [0.717, 1.165) is 24.5 Å². The van der Waals surface area contributed by atoms with Gasteiger partial charge in [0.1, 0.15) is 5.82 Å². The van der Waals surface area contributed by atoms with Crippen LogP contribution in [0.1, 0.15) is 17.4 Å². The van der Waals surface area contributed by atoms with Crippen molar-refractivity contribution in [3.8, 4) is 0 Å². The topological polar surface area (TPSA) is 64.3 Å². The van der Waals surface area contributed by atoms with E-state index in [1.54, 1.807) is 4.52 Å². The van der Waals surface area contributed by atoms with Gasteiger partial charge in [-0.1, -0.05) is 0 Å². The van der Waals surface area contributed by atoms with Gasteiger partial charge in [0, 0.05) is 24.5 Å². The molecule has 3 rings (SSSR count). The number of nitrogens with zero attached hydrogens (tertiary/aromatic N) is 4. The van der Waals surface area contributed by atoms with Crippen molar-refractivity contribution in [3.05, 3.63) is 23.8 Å². The molecule has 6 nitrogen and oxygen atoms in total. The normalized spacial score (nSPS) is 21.4. The second-order valence-electron chi connectivity index (χ2n) is 3.87. The zero-order valence-corrected chi connectivity index (χ0v) is 9.05. The van der Waals surface area contributed by atoms with E-state index in [4.69, 9.17) is 4.74 Å². The van der Waals surface area contributed by atoms with Crippen molar-refractivity contribution in [2.24, 2.45) is 0 Å². The monoisotopic (exact) mass is 219 g/mol. The Hall–Kier alpha value is -1.53. The summed E-state index contributed by atoms with van der Waals surface area (Å²) < 4.78 is 7.13. The van der Waals surface area contributed by atoms with Crippen molar-refractivity contribution >= 4 is 5.78 Å². The molecule has 6 heteroatoms. The molecule has 2 aromatic heterocycles. The summed E-state index contributed by atoms with van der Waals surface area (Å²) >= 11 is 0. The smallest absolute Gasteiger partial charge is 0.252 e. The first-order valence-electron chi connectivity index (χ1n) is 5.33. The lowest BCUT2D eigenvalue weighted by molar-refractivity contribution is 0.0766. The number of aryl methyl sites for hydroxylation is 1. The maximum absolute atomic E-state index is 5.42. The van der Waals surface area contributed by atoms with E-state index in [9.17, 15) is 0 Å². The van der Waals surface area contributed by atoms with Gasteiger partial charge in [0.25, 0.3) is 5.78 Å². The van der Waals surface area contributed by atoms with E-state index >= 15 is 0 Å². The summed E-state index contributed by atoms with van der Waals surface area (Å²) in [5, 5.41) is 7.62. The van der Waals surface area contributed by atoms with Crippen LogP contribution in [0.3, 0.4) is 0 Å². The Morgan fingerprint density at radius 1 is 1.56 bits per heavy atom. The molecule has 0 bridgehead atoms. The van der Waals surface area contributed by atoms with E-state index in [1.807, 2.05) is 19.3 Å². The van der Waals surface area contributed by atoms with Crippen LogP contribution < -0.4 is 5.32 Å². The van der Waals surface area contributed by atoms with Crippen molar-refractivity contribution in [3.63, 3.8) is 0 Å². The van der Waals surface area contributed by atoms with E-state index in [0.29, 0.717) is 12.4 Å². The predicted molar refractivity (Wildman–Crippen MR) is 57.1 cm³/mol. The van der Waals surface area contributed by atoms with Crippen LogP contribution >= 0.6 is 0 Å². The van der Waals surface area contributed by atoms with Gasteiger partial charge < -0.3 is 10.1 Å². The maximum atomic E-state index is 5.42. The third-order valence-corrected chi connectivity index (χ3v) is 2.64. The fourth-order valence-electron chi connectivity index (χ4n) is 1.86. The SMILES string of the molecule is Cc1nc2ncc(C3COCCN3)cn2n1.